The van der Waals surface area contributed by atoms with Crippen molar-refractivity contribution in [1.82, 2.24) is 0 Å². The van der Waals surface area contributed by atoms with Gasteiger partial charge < -0.3 is 31.7 Å². The van der Waals surface area contributed by atoms with Crippen LogP contribution in [0.3, 0.4) is 0 Å². The number of aliphatic carboxylic acids is 1. The zero-order chi connectivity index (χ0) is 26.5. The van der Waals surface area contributed by atoms with Crippen LogP contribution >= 0.6 is 11.3 Å². The third-order valence-electron chi connectivity index (χ3n) is 8.18. The number of ether oxygens (including phenoxy) is 1. The lowest BCUT2D eigenvalue weighted by Crippen LogP contribution is -3.00. The van der Waals surface area contributed by atoms with Gasteiger partial charge in [0.25, 0.3) is 5.01 Å². The molecule has 1 N–H and O–H groups in total. The molecule has 0 saturated heterocycles. The van der Waals surface area contributed by atoms with Crippen LogP contribution in [0.15, 0.2) is 78.9 Å². The third kappa shape index (κ3) is 4.57. The molecule has 1 aliphatic heterocycles. The van der Waals surface area contributed by atoms with Gasteiger partial charge in [0.1, 0.15) is 10.4 Å². The monoisotopic (exact) mass is 612 g/mol. The molecule has 2 aliphatic rings. The molecule has 2 unspecified atom stereocenters. The van der Waals surface area contributed by atoms with E-state index < -0.39 is 5.97 Å². The summed E-state index contributed by atoms with van der Waals surface area (Å²) in [7, 11) is 1.71. The second kappa shape index (κ2) is 10.7. The van der Waals surface area contributed by atoms with E-state index in [1.54, 1.807) is 18.4 Å². The molecular formula is C33H29BrN2O3S. The van der Waals surface area contributed by atoms with Gasteiger partial charge in [0, 0.05) is 35.5 Å². The molecule has 5 aromatic rings. The van der Waals surface area contributed by atoms with Gasteiger partial charge in [0.15, 0.2) is 0 Å². The van der Waals surface area contributed by atoms with Gasteiger partial charge in [-0.3, -0.25) is 0 Å². The number of methoxy groups -OCH3 is 1. The topological polar surface area (TPSA) is 53.7 Å². The molecule has 1 fully saturated rings. The molecule has 4 aromatic carbocycles. The summed E-state index contributed by atoms with van der Waals surface area (Å²) < 4.78 is 8.38. The van der Waals surface area contributed by atoms with Crippen LogP contribution in [-0.2, 0) is 11.3 Å². The largest absolute Gasteiger partial charge is 1.00 e. The molecule has 1 saturated carbocycles. The van der Waals surface area contributed by atoms with Crippen LogP contribution in [0.2, 0.25) is 0 Å². The highest BCUT2D eigenvalue weighted by molar-refractivity contribution is 7.18. The minimum Gasteiger partial charge on any atom is -1.00 e. The van der Waals surface area contributed by atoms with Gasteiger partial charge in [0.2, 0.25) is 12.1 Å². The summed E-state index contributed by atoms with van der Waals surface area (Å²) in [5.74, 6) is 0.569. The third-order valence-corrected chi connectivity index (χ3v) is 9.31. The summed E-state index contributed by atoms with van der Waals surface area (Å²) >= 11 is 1.62. The molecule has 2 heterocycles. The van der Waals surface area contributed by atoms with Crippen molar-refractivity contribution >= 4 is 61.8 Å². The summed E-state index contributed by atoms with van der Waals surface area (Å²) in [6.45, 7) is -0.0505. The number of nitrogens with zero attached hydrogens (tertiary/aromatic N) is 2. The highest BCUT2D eigenvalue weighted by Gasteiger charge is 2.42. The van der Waals surface area contributed by atoms with E-state index in [0.29, 0.717) is 12.0 Å². The Kier molecular flexibility index (Phi) is 7.11. The summed E-state index contributed by atoms with van der Waals surface area (Å²) in [6.07, 6.45) is 7.83. The summed E-state index contributed by atoms with van der Waals surface area (Å²) in [5.41, 5.74) is 6.07. The van der Waals surface area contributed by atoms with Crippen molar-refractivity contribution < 1.29 is 36.2 Å². The maximum Gasteiger partial charge on any atom is 0.370 e. The first-order valence-corrected chi connectivity index (χ1v) is 14.2. The predicted octanol–water partition coefficient (Wildman–Crippen LogP) is 4.40. The maximum atomic E-state index is 11.6. The number of para-hydroxylation sites is 1. The van der Waals surface area contributed by atoms with Gasteiger partial charge in [-0.25, -0.2) is 4.79 Å². The normalized spacial score (nSPS) is 17.8. The molecule has 7 heteroatoms. The van der Waals surface area contributed by atoms with E-state index in [2.05, 4.69) is 65.6 Å². The lowest BCUT2D eigenvalue weighted by atomic mass is 9.96. The number of carboxylic acids is 1. The van der Waals surface area contributed by atoms with Gasteiger partial charge in [0.05, 0.1) is 7.11 Å². The molecule has 202 valence electrons. The fraction of sp³-hybridized carbons (Fsp3) is 0.212. The van der Waals surface area contributed by atoms with E-state index in [0.717, 1.165) is 26.5 Å². The highest BCUT2D eigenvalue weighted by atomic mass is 79.9. The molecule has 1 aliphatic carbocycles. The van der Waals surface area contributed by atoms with Crippen LogP contribution in [-0.4, -0.2) is 24.2 Å². The fourth-order valence-electron chi connectivity index (χ4n) is 6.45. The number of hydrogen-bond donors (Lipinski definition) is 1. The number of fused-ring (bicyclic) bond motifs is 5. The van der Waals surface area contributed by atoms with Crippen LogP contribution < -0.4 is 31.2 Å². The smallest absolute Gasteiger partial charge is 0.370 e. The predicted molar refractivity (Wildman–Crippen MR) is 158 cm³/mol. The molecular weight excluding hydrogens is 584 g/mol. The first-order valence-electron chi connectivity index (χ1n) is 13.4. The molecule has 0 radical (unpaired) electrons. The van der Waals surface area contributed by atoms with Crippen LogP contribution in [0, 0.1) is 0 Å². The van der Waals surface area contributed by atoms with E-state index in [4.69, 9.17) is 4.74 Å². The Morgan fingerprint density at radius 1 is 1.02 bits per heavy atom. The van der Waals surface area contributed by atoms with Crippen LogP contribution in [0.25, 0.3) is 33.1 Å². The Hall–Kier alpha value is -3.68. The van der Waals surface area contributed by atoms with Crippen molar-refractivity contribution in [3.63, 3.8) is 0 Å². The van der Waals surface area contributed by atoms with Crippen molar-refractivity contribution in [2.24, 2.45) is 0 Å². The molecule has 0 amide bonds. The first-order chi connectivity index (χ1) is 19.1. The summed E-state index contributed by atoms with van der Waals surface area (Å²) in [4.78, 5) is 14.1. The molecule has 2 atom stereocenters. The van der Waals surface area contributed by atoms with E-state index in [9.17, 15) is 9.90 Å². The Bertz CT molecular complexity index is 1780. The Balaban J connectivity index is 0.00000289. The second-order valence-corrected chi connectivity index (χ2v) is 11.5. The van der Waals surface area contributed by atoms with E-state index in [-0.39, 0.29) is 23.5 Å². The quantitative estimate of drug-likeness (QED) is 0.289. The minimum absolute atomic E-state index is 0. The molecule has 40 heavy (non-hydrogen) atoms. The zero-order valence-electron chi connectivity index (χ0n) is 22.1. The van der Waals surface area contributed by atoms with Crippen molar-refractivity contribution in [2.75, 3.05) is 12.0 Å². The zero-order valence-corrected chi connectivity index (χ0v) is 24.5. The van der Waals surface area contributed by atoms with E-state index in [1.807, 2.05) is 34.9 Å². The Morgan fingerprint density at radius 2 is 1.85 bits per heavy atom. The van der Waals surface area contributed by atoms with Gasteiger partial charge in [-0.15, -0.1) is 0 Å². The van der Waals surface area contributed by atoms with Crippen LogP contribution in [0.4, 0.5) is 11.4 Å². The average Bonchev–Trinajstić information content (AvgIpc) is 3.64. The fourth-order valence-corrected chi connectivity index (χ4v) is 7.51. The number of thiazole rings is 1. The summed E-state index contributed by atoms with van der Waals surface area (Å²) in [6, 6.07) is 28.2. The number of aromatic nitrogens is 1. The first kappa shape index (κ1) is 26.5. The van der Waals surface area contributed by atoms with Crippen molar-refractivity contribution in [1.29, 1.82) is 0 Å². The lowest BCUT2D eigenvalue weighted by Gasteiger charge is -2.27. The highest BCUT2D eigenvalue weighted by Crippen LogP contribution is 2.52. The standard InChI is InChI=1S/C33H28N2O3S.BrH/c1-38-25-14-12-22-18-24(13-11-23(22)19-25)35-28-7-4-5-26(28)27-17-21(9-15-29(27)35)10-16-32-34(20-33(36)37)30-6-2-3-8-31(30)39-32;/h2-3,6,8-19,26,28H,4-5,7,20H2,1H3;1H. The van der Waals surface area contributed by atoms with E-state index in [1.165, 1.54) is 47.0 Å². The minimum atomic E-state index is -0.837. The molecule has 0 bridgehead atoms. The Morgan fingerprint density at radius 3 is 2.70 bits per heavy atom. The van der Waals surface area contributed by atoms with Crippen molar-refractivity contribution in [3.8, 4) is 5.75 Å². The molecule has 7 rings (SSSR count). The maximum absolute atomic E-state index is 11.6. The van der Waals surface area contributed by atoms with Gasteiger partial charge >= 0.3 is 5.97 Å². The molecule has 1 aromatic heterocycles. The number of anilines is 2. The Labute approximate surface area is 247 Å². The molecule has 5 nitrogen and oxygen atoms in total. The number of carboxylic acid groups (broad SMARTS) is 1. The summed E-state index contributed by atoms with van der Waals surface area (Å²) in [5, 5.41) is 12.8. The van der Waals surface area contributed by atoms with Crippen molar-refractivity contribution in [2.45, 2.75) is 37.8 Å². The second-order valence-electron chi connectivity index (χ2n) is 10.4. The van der Waals surface area contributed by atoms with Crippen LogP contribution in [0.5, 0.6) is 5.75 Å². The lowest BCUT2D eigenvalue weighted by molar-refractivity contribution is -0.657. The van der Waals surface area contributed by atoms with Crippen molar-refractivity contribution in [3.05, 3.63) is 95.0 Å². The van der Waals surface area contributed by atoms with Gasteiger partial charge in [-0.1, -0.05) is 48.1 Å². The number of carbonyl (C=O) groups is 1. The number of hydrogen-bond acceptors (Lipinski definition) is 4. The van der Waals surface area contributed by atoms with Gasteiger partial charge in [-0.2, -0.15) is 4.57 Å². The number of halogens is 1. The van der Waals surface area contributed by atoms with Crippen LogP contribution in [0.1, 0.15) is 41.3 Å². The SMILES string of the molecule is COc1ccc2cc(N3c4ccc(/C=C/c5sc6ccccc6[n+]5CC(=O)O)cc4C4CCCC43)ccc2c1.[Br-]. The van der Waals surface area contributed by atoms with E-state index >= 15 is 0 Å². The average molecular weight is 614 g/mol. The van der Waals surface area contributed by atoms with Gasteiger partial charge in [-0.05, 0) is 83.3 Å². The number of rotatable bonds is 6. The number of benzene rings is 4. The molecule has 0 spiro atoms.